The van der Waals surface area contributed by atoms with Crippen LogP contribution in [0.4, 0.5) is 0 Å². The number of allylic oxidation sites excluding steroid dienone is 3. The zero-order chi connectivity index (χ0) is 22.8. The first-order chi connectivity index (χ1) is 15.2. The molecule has 32 heavy (non-hydrogen) atoms. The van der Waals surface area contributed by atoms with E-state index in [1.807, 2.05) is 37.3 Å². The van der Waals surface area contributed by atoms with Gasteiger partial charge in [-0.1, -0.05) is 30.7 Å². The number of nitrogens with zero attached hydrogens (tertiary/aromatic N) is 2. The highest BCUT2D eigenvalue weighted by Gasteiger charge is 2.53. The fraction of sp³-hybridized carbons (Fsp3) is 0.577. The van der Waals surface area contributed by atoms with E-state index in [0.717, 1.165) is 17.6 Å². The van der Waals surface area contributed by atoms with Gasteiger partial charge in [-0.25, -0.2) is 0 Å². The summed E-state index contributed by atoms with van der Waals surface area (Å²) in [4.78, 5) is 6.16. The van der Waals surface area contributed by atoms with Crippen LogP contribution in [0.5, 0.6) is 0 Å². The van der Waals surface area contributed by atoms with Crippen LogP contribution < -0.4 is 0 Å². The standard InChI is InChI=1S/C26H34N2O4/c1-25-13-22(29)17-11-20-23(30)24(31)21(28(2)3)12-26(20,32)9-8-16(17)19(25)7-6-18(25)15-5-4-10-27-14-15/h4-6,10-11,14,19,21-24,29-32H,7-9,12-13H2,1-3H3. The van der Waals surface area contributed by atoms with E-state index in [0.29, 0.717) is 31.3 Å². The van der Waals surface area contributed by atoms with Crippen LogP contribution in [0.3, 0.4) is 0 Å². The molecule has 0 aromatic carbocycles. The molecule has 0 amide bonds. The number of likely N-dealkylation sites (N-methyl/N-ethyl adjacent to an activating group) is 1. The summed E-state index contributed by atoms with van der Waals surface area (Å²) in [6.07, 6.45) is 7.93. The molecule has 1 saturated carbocycles. The molecule has 0 spiro atoms. The molecule has 0 saturated heterocycles. The average Bonchev–Trinajstić information content (AvgIpc) is 3.00. The Morgan fingerprint density at radius 1 is 1.16 bits per heavy atom. The van der Waals surface area contributed by atoms with Gasteiger partial charge in [0, 0.05) is 23.9 Å². The van der Waals surface area contributed by atoms with Gasteiger partial charge < -0.3 is 25.3 Å². The van der Waals surface area contributed by atoms with E-state index in [1.165, 1.54) is 11.1 Å². The summed E-state index contributed by atoms with van der Waals surface area (Å²) in [7, 11) is 3.72. The number of pyridine rings is 1. The molecule has 1 aromatic rings. The fourth-order valence-corrected chi connectivity index (χ4v) is 6.82. The smallest absolute Gasteiger partial charge is 0.105 e. The number of aliphatic hydroxyl groups excluding tert-OH is 3. The summed E-state index contributed by atoms with van der Waals surface area (Å²) >= 11 is 0. The fourth-order valence-electron chi connectivity index (χ4n) is 6.82. The monoisotopic (exact) mass is 438 g/mol. The Bertz CT molecular complexity index is 1000. The van der Waals surface area contributed by atoms with Crippen LogP contribution in [0.15, 0.2) is 53.4 Å². The third-order valence-corrected chi connectivity index (χ3v) is 8.59. The Morgan fingerprint density at radius 3 is 2.62 bits per heavy atom. The molecule has 4 N–H and O–H groups in total. The van der Waals surface area contributed by atoms with E-state index in [4.69, 9.17) is 0 Å². The number of aromatic nitrogens is 1. The molecule has 0 aliphatic heterocycles. The molecular weight excluding hydrogens is 404 g/mol. The van der Waals surface area contributed by atoms with Crippen molar-refractivity contribution in [3.8, 4) is 0 Å². The van der Waals surface area contributed by atoms with Crippen LogP contribution >= 0.6 is 0 Å². The van der Waals surface area contributed by atoms with Crippen LogP contribution in [0.2, 0.25) is 0 Å². The van der Waals surface area contributed by atoms with Crippen molar-refractivity contribution >= 4 is 5.57 Å². The summed E-state index contributed by atoms with van der Waals surface area (Å²) < 4.78 is 0. The lowest BCUT2D eigenvalue weighted by Gasteiger charge is -2.46. The van der Waals surface area contributed by atoms with Gasteiger partial charge in [-0.3, -0.25) is 4.98 Å². The van der Waals surface area contributed by atoms with Gasteiger partial charge in [-0.05, 0) is 80.5 Å². The average molecular weight is 439 g/mol. The lowest BCUT2D eigenvalue weighted by molar-refractivity contribution is -0.0922. The van der Waals surface area contributed by atoms with E-state index in [9.17, 15) is 20.4 Å². The van der Waals surface area contributed by atoms with Gasteiger partial charge in [0.25, 0.3) is 0 Å². The predicted molar refractivity (Wildman–Crippen MR) is 122 cm³/mol. The van der Waals surface area contributed by atoms with Crippen molar-refractivity contribution < 1.29 is 20.4 Å². The number of hydrogen-bond donors (Lipinski definition) is 4. The van der Waals surface area contributed by atoms with Gasteiger partial charge in [0.2, 0.25) is 0 Å². The Balaban J connectivity index is 1.54. The van der Waals surface area contributed by atoms with Crippen LogP contribution in [0.1, 0.15) is 44.6 Å². The lowest BCUT2D eigenvalue weighted by Crippen LogP contribution is -2.58. The molecule has 4 aliphatic rings. The molecular formula is C26H34N2O4. The van der Waals surface area contributed by atoms with Crippen LogP contribution in [-0.2, 0) is 0 Å². The summed E-state index contributed by atoms with van der Waals surface area (Å²) in [5, 5.41) is 44.6. The highest BCUT2D eigenvalue weighted by atomic mass is 16.3. The number of hydrogen-bond acceptors (Lipinski definition) is 6. The quantitative estimate of drug-likeness (QED) is 0.564. The number of rotatable bonds is 2. The summed E-state index contributed by atoms with van der Waals surface area (Å²) in [6, 6.07) is 3.69. The van der Waals surface area contributed by atoms with E-state index in [1.54, 1.807) is 6.20 Å². The molecule has 7 unspecified atom stereocenters. The topological polar surface area (TPSA) is 97.1 Å². The zero-order valence-corrected chi connectivity index (χ0v) is 19.1. The molecule has 1 heterocycles. The first-order valence-corrected chi connectivity index (χ1v) is 11.6. The molecule has 172 valence electrons. The molecule has 0 bridgehead atoms. The van der Waals surface area contributed by atoms with Gasteiger partial charge in [-0.15, -0.1) is 0 Å². The van der Waals surface area contributed by atoms with E-state index in [-0.39, 0.29) is 17.4 Å². The maximum atomic E-state index is 11.7. The summed E-state index contributed by atoms with van der Waals surface area (Å²) in [5.41, 5.74) is 3.39. The van der Waals surface area contributed by atoms with Crippen molar-refractivity contribution in [2.45, 2.75) is 69.0 Å². The van der Waals surface area contributed by atoms with Crippen LogP contribution in [-0.4, -0.2) is 74.4 Å². The van der Waals surface area contributed by atoms with E-state index >= 15 is 0 Å². The largest absolute Gasteiger partial charge is 0.388 e. The molecule has 1 aromatic heterocycles. The highest BCUT2D eigenvalue weighted by Crippen LogP contribution is 2.60. The highest BCUT2D eigenvalue weighted by molar-refractivity contribution is 5.74. The number of fused-ring (bicyclic) bond motifs is 3. The molecule has 5 rings (SSSR count). The molecule has 6 nitrogen and oxygen atoms in total. The van der Waals surface area contributed by atoms with Gasteiger partial charge >= 0.3 is 0 Å². The van der Waals surface area contributed by atoms with Crippen molar-refractivity contribution in [1.82, 2.24) is 9.88 Å². The zero-order valence-electron chi connectivity index (χ0n) is 19.1. The third kappa shape index (κ3) is 3.16. The van der Waals surface area contributed by atoms with Crippen molar-refractivity contribution in [1.29, 1.82) is 0 Å². The Labute approximate surface area is 189 Å². The van der Waals surface area contributed by atoms with Gasteiger partial charge in [0.1, 0.15) is 6.10 Å². The number of aliphatic hydroxyl groups is 4. The second kappa shape index (κ2) is 7.61. The van der Waals surface area contributed by atoms with Crippen molar-refractivity contribution in [2.75, 3.05) is 14.1 Å². The second-order valence-electron chi connectivity index (χ2n) is 10.6. The SMILES string of the molecule is CN(C)C1CC2(O)CCC3=C(C=C2C(O)C1O)C(O)CC1(C)C(c2cccnc2)=CCC31. The molecule has 4 aliphatic carbocycles. The minimum Gasteiger partial charge on any atom is -0.388 e. The summed E-state index contributed by atoms with van der Waals surface area (Å²) in [6.45, 7) is 2.23. The Kier molecular flexibility index (Phi) is 5.23. The minimum absolute atomic E-state index is 0.206. The first kappa shape index (κ1) is 22.0. The minimum atomic E-state index is -1.20. The molecule has 7 atom stereocenters. The Hall–Kier alpha value is -1.83. The molecule has 0 radical (unpaired) electrons. The first-order valence-electron chi connectivity index (χ1n) is 11.6. The van der Waals surface area contributed by atoms with E-state index < -0.39 is 23.9 Å². The van der Waals surface area contributed by atoms with Crippen molar-refractivity contribution in [2.24, 2.45) is 11.3 Å². The second-order valence-corrected chi connectivity index (χ2v) is 10.6. The van der Waals surface area contributed by atoms with E-state index in [2.05, 4.69) is 24.1 Å². The predicted octanol–water partition coefficient (Wildman–Crippen LogP) is 2.06. The van der Waals surface area contributed by atoms with Gasteiger partial charge in [0.15, 0.2) is 0 Å². The Morgan fingerprint density at radius 2 is 1.94 bits per heavy atom. The van der Waals surface area contributed by atoms with Crippen molar-refractivity contribution in [3.63, 3.8) is 0 Å². The van der Waals surface area contributed by atoms with Crippen molar-refractivity contribution in [3.05, 3.63) is 59.0 Å². The third-order valence-electron chi connectivity index (χ3n) is 8.59. The molecule has 1 fully saturated rings. The maximum Gasteiger partial charge on any atom is 0.105 e. The maximum absolute atomic E-state index is 11.7. The van der Waals surface area contributed by atoms with Gasteiger partial charge in [-0.2, -0.15) is 0 Å². The normalized spacial score (nSPS) is 41.4. The summed E-state index contributed by atoms with van der Waals surface area (Å²) in [5.74, 6) is 0.239. The lowest BCUT2D eigenvalue weighted by atomic mass is 9.61. The van der Waals surface area contributed by atoms with Crippen LogP contribution in [0, 0.1) is 11.3 Å². The van der Waals surface area contributed by atoms with Crippen LogP contribution in [0.25, 0.3) is 5.57 Å². The molecule has 6 heteroatoms. The van der Waals surface area contributed by atoms with Gasteiger partial charge in [0.05, 0.1) is 17.8 Å².